The maximum absolute atomic E-state index is 13.4. The molecular weight excluding hydrogens is 307 g/mol. The van der Waals surface area contributed by atoms with Gasteiger partial charge in [0.15, 0.2) is 29.1 Å². The van der Waals surface area contributed by atoms with Crippen molar-refractivity contribution in [3.8, 4) is 0 Å². The van der Waals surface area contributed by atoms with Crippen molar-refractivity contribution < 1.29 is 22.0 Å². The van der Waals surface area contributed by atoms with Crippen LogP contribution in [-0.4, -0.2) is 9.97 Å². The summed E-state index contributed by atoms with van der Waals surface area (Å²) in [5, 5.41) is 1.58. The van der Waals surface area contributed by atoms with Gasteiger partial charge >= 0.3 is 0 Å². The molecule has 4 nitrogen and oxygen atoms in total. The summed E-state index contributed by atoms with van der Waals surface area (Å²) in [6.07, 6.45) is 0.898. The van der Waals surface area contributed by atoms with Crippen LogP contribution in [0.1, 0.15) is 0 Å². The normalized spacial score (nSPS) is 10.7. The molecule has 10 heteroatoms. The second-order valence-electron chi connectivity index (χ2n) is 3.49. The van der Waals surface area contributed by atoms with Crippen LogP contribution in [0.3, 0.4) is 0 Å². The highest BCUT2D eigenvalue weighted by molar-refractivity contribution is 6.35. The molecule has 1 aromatic carbocycles. The second-order valence-corrected chi connectivity index (χ2v) is 3.87. The van der Waals surface area contributed by atoms with Crippen LogP contribution in [0.4, 0.5) is 39.3 Å². The van der Waals surface area contributed by atoms with Crippen LogP contribution in [-0.2, 0) is 0 Å². The number of nitrogen functional groups attached to an aromatic ring is 1. The molecule has 0 saturated heterocycles. The molecule has 1 aromatic heterocycles. The zero-order valence-electron chi connectivity index (χ0n) is 9.32. The van der Waals surface area contributed by atoms with Gasteiger partial charge in [-0.2, -0.15) is 0 Å². The number of benzene rings is 1. The first-order valence-electron chi connectivity index (χ1n) is 4.89. The van der Waals surface area contributed by atoms with E-state index >= 15 is 0 Å². The molecule has 0 unspecified atom stereocenters. The van der Waals surface area contributed by atoms with Gasteiger partial charge in [0.1, 0.15) is 22.9 Å². The zero-order chi connectivity index (χ0) is 15.0. The van der Waals surface area contributed by atoms with E-state index in [1.807, 2.05) is 5.32 Å². The van der Waals surface area contributed by atoms with Crippen LogP contribution in [0, 0.1) is 29.1 Å². The lowest BCUT2D eigenvalue weighted by Gasteiger charge is -2.11. The summed E-state index contributed by atoms with van der Waals surface area (Å²) in [5.74, 6) is -11.2. The Morgan fingerprint density at radius 3 is 1.95 bits per heavy atom. The van der Waals surface area contributed by atoms with Gasteiger partial charge in [-0.3, -0.25) is 0 Å². The summed E-state index contributed by atoms with van der Waals surface area (Å²) in [5.41, 5.74) is 4.03. The average Bonchev–Trinajstić information content (AvgIpc) is 2.43. The van der Waals surface area contributed by atoms with Gasteiger partial charge in [0.2, 0.25) is 5.82 Å². The molecule has 1 heterocycles. The van der Waals surface area contributed by atoms with Crippen molar-refractivity contribution in [2.24, 2.45) is 0 Å². The highest BCUT2D eigenvalue weighted by Gasteiger charge is 2.26. The number of anilines is 3. The number of nitrogens with two attached hydrogens (primary N) is 1. The molecular formula is C10H4ClF5N4. The number of aromatic nitrogens is 2. The average molecular weight is 311 g/mol. The molecule has 0 fully saturated rings. The summed E-state index contributed by atoms with van der Waals surface area (Å²) in [7, 11) is 0. The van der Waals surface area contributed by atoms with Crippen LogP contribution in [0.5, 0.6) is 0 Å². The van der Waals surface area contributed by atoms with E-state index in [0.29, 0.717) is 0 Å². The van der Waals surface area contributed by atoms with Crippen molar-refractivity contribution in [2.75, 3.05) is 11.1 Å². The van der Waals surface area contributed by atoms with Gasteiger partial charge in [-0.1, -0.05) is 11.6 Å². The Kier molecular flexibility index (Phi) is 3.62. The lowest BCUT2D eigenvalue weighted by atomic mass is 10.2. The molecule has 0 atom stereocenters. The molecule has 0 aliphatic carbocycles. The quantitative estimate of drug-likeness (QED) is 0.508. The minimum absolute atomic E-state index is 0.229. The van der Waals surface area contributed by atoms with Crippen molar-refractivity contribution in [3.05, 3.63) is 40.4 Å². The fraction of sp³-hybridized carbons (Fsp3) is 0. The fourth-order valence-corrected chi connectivity index (χ4v) is 1.45. The molecule has 2 aromatic rings. The molecule has 2 rings (SSSR count). The SMILES string of the molecule is Nc1ncnc(Nc2c(F)c(F)c(F)c(F)c2F)c1Cl. The van der Waals surface area contributed by atoms with Gasteiger partial charge in [0, 0.05) is 0 Å². The largest absolute Gasteiger partial charge is 0.382 e. The third kappa shape index (κ3) is 2.20. The zero-order valence-corrected chi connectivity index (χ0v) is 10.1. The van der Waals surface area contributed by atoms with Crippen molar-refractivity contribution >= 4 is 28.9 Å². The summed E-state index contributed by atoms with van der Waals surface area (Å²) in [4.78, 5) is 6.97. The van der Waals surface area contributed by atoms with E-state index in [0.717, 1.165) is 6.33 Å². The Bertz CT molecular complexity index is 665. The molecule has 106 valence electrons. The Hall–Kier alpha value is -2.16. The van der Waals surface area contributed by atoms with Crippen LogP contribution in [0.15, 0.2) is 6.33 Å². The minimum atomic E-state index is -2.26. The predicted octanol–water partition coefficient (Wildman–Crippen LogP) is 3.15. The van der Waals surface area contributed by atoms with Crippen LogP contribution in [0.2, 0.25) is 5.02 Å². The van der Waals surface area contributed by atoms with Gasteiger partial charge < -0.3 is 11.1 Å². The molecule has 0 bridgehead atoms. The molecule has 0 aliphatic heterocycles. The highest BCUT2D eigenvalue weighted by atomic mass is 35.5. The third-order valence-corrected chi connectivity index (χ3v) is 2.64. The fourth-order valence-electron chi connectivity index (χ4n) is 1.30. The molecule has 20 heavy (non-hydrogen) atoms. The van der Waals surface area contributed by atoms with Crippen molar-refractivity contribution in [1.29, 1.82) is 0 Å². The highest BCUT2D eigenvalue weighted by Crippen LogP contribution is 2.32. The van der Waals surface area contributed by atoms with Crippen LogP contribution < -0.4 is 11.1 Å². The molecule has 0 radical (unpaired) electrons. The molecule has 0 saturated carbocycles. The predicted molar refractivity (Wildman–Crippen MR) is 61.0 cm³/mol. The number of nitrogens with zero attached hydrogens (tertiary/aromatic N) is 2. The van der Waals surface area contributed by atoms with Crippen molar-refractivity contribution in [1.82, 2.24) is 9.97 Å². The number of nitrogens with one attached hydrogen (secondary N) is 1. The maximum atomic E-state index is 13.4. The molecule has 0 aliphatic rings. The van der Waals surface area contributed by atoms with Gasteiger partial charge in [0.25, 0.3) is 0 Å². The van der Waals surface area contributed by atoms with E-state index in [9.17, 15) is 22.0 Å². The van der Waals surface area contributed by atoms with E-state index in [4.69, 9.17) is 17.3 Å². The van der Waals surface area contributed by atoms with E-state index in [2.05, 4.69) is 9.97 Å². The van der Waals surface area contributed by atoms with Crippen LogP contribution in [0.25, 0.3) is 0 Å². The number of hydrogen-bond donors (Lipinski definition) is 2. The first-order valence-corrected chi connectivity index (χ1v) is 5.26. The van der Waals surface area contributed by atoms with Crippen molar-refractivity contribution in [3.63, 3.8) is 0 Å². The van der Waals surface area contributed by atoms with E-state index < -0.39 is 40.6 Å². The molecule has 0 amide bonds. The van der Waals surface area contributed by atoms with Gasteiger partial charge in [-0.15, -0.1) is 0 Å². The number of halogens is 6. The first kappa shape index (κ1) is 14.3. The Morgan fingerprint density at radius 2 is 1.40 bits per heavy atom. The van der Waals surface area contributed by atoms with Gasteiger partial charge in [-0.25, -0.2) is 31.9 Å². The van der Waals surface area contributed by atoms with Gasteiger partial charge in [0.05, 0.1) is 0 Å². The lowest BCUT2D eigenvalue weighted by molar-refractivity contribution is 0.382. The first-order chi connectivity index (χ1) is 9.34. The maximum Gasteiger partial charge on any atom is 0.200 e. The summed E-state index contributed by atoms with van der Waals surface area (Å²) < 4.78 is 65.7. The van der Waals surface area contributed by atoms with Crippen LogP contribution >= 0.6 is 11.6 Å². The minimum Gasteiger partial charge on any atom is -0.382 e. The Labute approximate surface area is 113 Å². The monoisotopic (exact) mass is 310 g/mol. The summed E-state index contributed by atoms with van der Waals surface area (Å²) >= 11 is 5.64. The molecule has 0 spiro atoms. The van der Waals surface area contributed by atoms with E-state index in [-0.39, 0.29) is 10.8 Å². The third-order valence-electron chi connectivity index (χ3n) is 2.27. The Balaban J connectivity index is 2.57. The lowest BCUT2D eigenvalue weighted by Crippen LogP contribution is -2.08. The summed E-state index contributed by atoms with van der Waals surface area (Å²) in [6, 6.07) is 0. The Morgan fingerprint density at radius 1 is 0.900 bits per heavy atom. The van der Waals surface area contributed by atoms with E-state index in [1.54, 1.807) is 0 Å². The molecule has 3 N–H and O–H groups in total. The summed E-state index contributed by atoms with van der Waals surface area (Å²) in [6.45, 7) is 0. The number of hydrogen-bond acceptors (Lipinski definition) is 4. The second kappa shape index (κ2) is 5.08. The smallest absolute Gasteiger partial charge is 0.200 e. The van der Waals surface area contributed by atoms with Gasteiger partial charge in [-0.05, 0) is 0 Å². The standard InChI is InChI=1S/C10H4ClF5N4/c11-2-9(17)18-1-19-10(2)20-8-6(15)4(13)3(12)5(14)7(8)16/h1H,(H3,17,18,19,20). The number of rotatable bonds is 2. The topological polar surface area (TPSA) is 63.8 Å². The van der Waals surface area contributed by atoms with E-state index in [1.165, 1.54) is 0 Å². The van der Waals surface area contributed by atoms with Crippen molar-refractivity contribution in [2.45, 2.75) is 0 Å².